The average Bonchev–Trinajstić information content (AvgIpc) is 3.29. The van der Waals surface area contributed by atoms with Gasteiger partial charge in [-0.25, -0.2) is 4.79 Å². The molecule has 0 aromatic heterocycles. The Kier molecular flexibility index (Phi) is 8.78. The molecule has 5 rings (SSSR count). The van der Waals surface area contributed by atoms with Gasteiger partial charge in [-0.15, -0.1) is 0 Å². The van der Waals surface area contributed by atoms with E-state index >= 15 is 0 Å². The summed E-state index contributed by atoms with van der Waals surface area (Å²) in [6, 6.07) is 28.6. The Hall–Kier alpha value is -4.63. The zero-order chi connectivity index (χ0) is 31.5. The molecule has 1 aliphatic carbocycles. The molecule has 4 aromatic rings. The minimum Gasteiger partial charge on any atom is -0.459 e. The fourth-order valence-corrected chi connectivity index (χ4v) is 6.13. The number of aryl methyl sites for hydroxylation is 1. The first kappa shape index (κ1) is 30.8. The Balaban J connectivity index is 1.30. The zero-order valence-electron chi connectivity index (χ0n) is 25.1. The number of hydrogen-bond acceptors (Lipinski definition) is 7. The molecule has 9 heteroatoms. The molecule has 0 spiro atoms. The quantitative estimate of drug-likeness (QED) is 0.165. The fourth-order valence-electron chi connectivity index (χ4n) is 5.21. The van der Waals surface area contributed by atoms with E-state index in [-0.39, 0.29) is 29.7 Å². The van der Waals surface area contributed by atoms with Gasteiger partial charge in [0.2, 0.25) is 0 Å². The van der Waals surface area contributed by atoms with Gasteiger partial charge in [0.05, 0.1) is 5.92 Å². The van der Waals surface area contributed by atoms with E-state index in [1.165, 1.54) is 24.3 Å². The van der Waals surface area contributed by atoms with E-state index in [9.17, 15) is 18.0 Å². The number of rotatable bonds is 9. The van der Waals surface area contributed by atoms with Gasteiger partial charge in [-0.1, -0.05) is 78.4 Å². The summed E-state index contributed by atoms with van der Waals surface area (Å²) in [7, 11) is -4.11. The smallest absolute Gasteiger partial charge is 0.407 e. The van der Waals surface area contributed by atoms with Crippen molar-refractivity contribution in [2.75, 3.05) is 13.2 Å². The Morgan fingerprint density at radius 3 is 2.07 bits per heavy atom. The molecule has 0 saturated heterocycles. The molecule has 0 fully saturated rings. The highest BCUT2D eigenvalue weighted by Crippen LogP contribution is 2.44. The summed E-state index contributed by atoms with van der Waals surface area (Å²) in [5.74, 6) is -1.63. The van der Waals surface area contributed by atoms with Crippen LogP contribution in [0.2, 0.25) is 0 Å². The molecule has 4 aromatic carbocycles. The number of carbonyl (C=O) groups excluding carboxylic acids is 2. The summed E-state index contributed by atoms with van der Waals surface area (Å²) in [5, 5.41) is 2.70. The fraction of sp³-hybridized carbons (Fsp3) is 0.257. The van der Waals surface area contributed by atoms with Gasteiger partial charge in [-0.3, -0.25) is 4.79 Å². The van der Waals surface area contributed by atoms with Crippen molar-refractivity contribution in [3.8, 4) is 16.9 Å². The van der Waals surface area contributed by atoms with Crippen LogP contribution in [0.4, 0.5) is 4.79 Å². The normalized spacial score (nSPS) is 13.4. The van der Waals surface area contributed by atoms with E-state index in [1.54, 1.807) is 45.0 Å². The number of esters is 1. The van der Waals surface area contributed by atoms with Gasteiger partial charge in [0.1, 0.15) is 22.9 Å². The lowest BCUT2D eigenvalue weighted by Gasteiger charge is -2.24. The number of alkyl carbamates (subject to hydrolysis) is 1. The number of hydrogen-bond donors (Lipinski definition) is 1. The predicted octanol–water partition coefficient (Wildman–Crippen LogP) is 6.73. The van der Waals surface area contributed by atoms with Crippen LogP contribution in [-0.2, 0) is 24.4 Å². The highest BCUT2D eigenvalue weighted by molar-refractivity contribution is 7.87. The van der Waals surface area contributed by atoms with Gasteiger partial charge in [0, 0.05) is 12.5 Å². The summed E-state index contributed by atoms with van der Waals surface area (Å²) in [5.41, 5.74) is 4.95. The summed E-state index contributed by atoms with van der Waals surface area (Å²) < 4.78 is 42.4. The Morgan fingerprint density at radius 2 is 1.45 bits per heavy atom. The molecule has 0 aliphatic heterocycles. The lowest BCUT2D eigenvalue weighted by atomic mass is 9.98. The first-order chi connectivity index (χ1) is 20.9. The number of nitrogens with one attached hydrogen (secondary N) is 1. The van der Waals surface area contributed by atoms with Crippen LogP contribution in [-0.4, -0.2) is 39.2 Å². The second-order valence-corrected chi connectivity index (χ2v) is 13.3. The minimum atomic E-state index is -4.11. The minimum absolute atomic E-state index is 0.00844. The van der Waals surface area contributed by atoms with E-state index in [4.69, 9.17) is 13.7 Å². The van der Waals surface area contributed by atoms with Crippen LogP contribution in [0.1, 0.15) is 54.9 Å². The molecular weight excluding hydrogens is 578 g/mol. The first-order valence-corrected chi connectivity index (χ1v) is 15.7. The Labute approximate surface area is 258 Å². The number of amides is 1. The van der Waals surface area contributed by atoms with Crippen molar-refractivity contribution < 1.29 is 31.7 Å². The van der Waals surface area contributed by atoms with Gasteiger partial charge in [0.15, 0.2) is 0 Å². The number of ether oxygens (including phenoxy) is 2. The predicted molar refractivity (Wildman–Crippen MR) is 167 cm³/mol. The summed E-state index contributed by atoms with van der Waals surface area (Å²) >= 11 is 0. The van der Waals surface area contributed by atoms with Gasteiger partial charge >= 0.3 is 22.2 Å². The van der Waals surface area contributed by atoms with Crippen LogP contribution in [0.25, 0.3) is 11.1 Å². The van der Waals surface area contributed by atoms with E-state index in [0.29, 0.717) is 5.56 Å². The Bertz CT molecular complexity index is 1730. The maximum absolute atomic E-state index is 13.3. The van der Waals surface area contributed by atoms with Crippen molar-refractivity contribution in [1.29, 1.82) is 0 Å². The van der Waals surface area contributed by atoms with E-state index in [0.717, 1.165) is 27.8 Å². The third-order valence-corrected chi connectivity index (χ3v) is 8.52. The molecule has 0 heterocycles. The van der Waals surface area contributed by atoms with Crippen LogP contribution >= 0.6 is 0 Å². The van der Waals surface area contributed by atoms with E-state index in [2.05, 4.69) is 17.4 Å². The molecule has 0 saturated carbocycles. The maximum atomic E-state index is 13.3. The second-order valence-electron chi connectivity index (χ2n) is 11.7. The summed E-state index contributed by atoms with van der Waals surface area (Å²) in [6.07, 6.45) is -0.685. The molecule has 1 atom stereocenters. The number of fused-ring (bicyclic) bond motifs is 3. The van der Waals surface area contributed by atoms with Gasteiger partial charge < -0.3 is 19.0 Å². The highest BCUT2D eigenvalue weighted by atomic mass is 32.2. The van der Waals surface area contributed by atoms with Crippen LogP contribution in [0.5, 0.6) is 5.75 Å². The highest BCUT2D eigenvalue weighted by Gasteiger charge is 2.31. The topological polar surface area (TPSA) is 108 Å². The first-order valence-electron chi connectivity index (χ1n) is 14.3. The largest absolute Gasteiger partial charge is 0.459 e. The molecular formula is C35H35NO7S. The van der Waals surface area contributed by atoms with Gasteiger partial charge in [0.25, 0.3) is 0 Å². The van der Waals surface area contributed by atoms with E-state index < -0.39 is 33.7 Å². The van der Waals surface area contributed by atoms with Crippen molar-refractivity contribution in [1.82, 2.24) is 5.32 Å². The number of benzene rings is 4. The average molecular weight is 614 g/mol. The van der Waals surface area contributed by atoms with Crippen molar-refractivity contribution in [2.45, 2.75) is 50.0 Å². The van der Waals surface area contributed by atoms with Crippen LogP contribution in [0, 0.1) is 6.92 Å². The molecule has 228 valence electrons. The number of carbonyl (C=O) groups is 2. The molecule has 44 heavy (non-hydrogen) atoms. The summed E-state index contributed by atoms with van der Waals surface area (Å²) in [4.78, 5) is 26.2. The standard InChI is InChI=1S/C35H35NO7S/c1-23-16-18-26(19-17-23)44(39,40)43-25-11-9-10-24(20-25)31(33(37)42-35(2,3)4)21-36-34(38)41-22-32-29-14-7-5-12-27(29)28-13-6-8-15-30(28)32/h5-20,31-32H,21-22H2,1-4H3,(H,36,38). The lowest BCUT2D eigenvalue weighted by molar-refractivity contribution is -0.156. The van der Waals surface area contributed by atoms with Crippen molar-refractivity contribution >= 4 is 22.2 Å². The molecule has 8 nitrogen and oxygen atoms in total. The van der Waals surface area contributed by atoms with Crippen LogP contribution < -0.4 is 9.50 Å². The van der Waals surface area contributed by atoms with Crippen molar-refractivity contribution in [3.63, 3.8) is 0 Å². The molecule has 1 N–H and O–H groups in total. The molecule has 1 unspecified atom stereocenters. The van der Waals surface area contributed by atoms with Crippen molar-refractivity contribution in [3.05, 3.63) is 119 Å². The monoisotopic (exact) mass is 613 g/mol. The SMILES string of the molecule is Cc1ccc(S(=O)(=O)Oc2cccc(C(CNC(=O)OCC3c4ccccc4-c4ccccc43)C(=O)OC(C)(C)C)c2)cc1. The van der Waals surface area contributed by atoms with Gasteiger partial charge in [-0.05, 0) is 79.8 Å². The van der Waals surface area contributed by atoms with Crippen molar-refractivity contribution in [2.24, 2.45) is 0 Å². The molecule has 1 aliphatic rings. The summed E-state index contributed by atoms with van der Waals surface area (Å²) in [6.45, 7) is 7.07. The third-order valence-electron chi connectivity index (χ3n) is 7.26. The second kappa shape index (κ2) is 12.5. The van der Waals surface area contributed by atoms with E-state index in [1.807, 2.05) is 43.3 Å². The molecule has 1 amide bonds. The van der Waals surface area contributed by atoms with Crippen LogP contribution in [0.15, 0.2) is 102 Å². The zero-order valence-corrected chi connectivity index (χ0v) is 25.9. The van der Waals surface area contributed by atoms with Gasteiger partial charge in [-0.2, -0.15) is 8.42 Å². The molecule has 0 bridgehead atoms. The maximum Gasteiger partial charge on any atom is 0.407 e. The van der Waals surface area contributed by atoms with Crippen LogP contribution in [0.3, 0.4) is 0 Å². The molecule has 0 radical (unpaired) electrons. The Morgan fingerprint density at radius 1 is 0.841 bits per heavy atom. The third kappa shape index (κ3) is 7.11. The lowest BCUT2D eigenvalue weighted by Crippen LogP contribution is -2.36.